The number of anilines is 1. The van der Waals surface area contributed by atoms with Crippen molar-refractivity contribution in [1.82, 2.24) is 9.78 Å². The van der Waals surface area contributed by atoms with Crippen molar-refractivity contribution in [3.63, 3.8) is 0 Å². The maximum absolute atomic E-state index is 13.0. The van der Waals surface area contributed by atoms with Crippen LogP contribution in [-0.4, -0.2) is 24.5 Å². The SMILES string of the molecule is CCC(CCC#N)(c1ccc(C(F)(F)F)cc1)n1ncc2c(NS(C)(=O)=O)cccc21. The van der Waals surface area contributed by atoms with Crippen LogP contribution in [0, 0.1) is 11.3 Å². The Morgan fingerprint density at radius 2 is 1.77 bits per heavy atom. The second kappa shape index (κ2) is 8.23. The number of nitriles is 1. The molecule has 1 heterocycles. The molecule has 0 spiro atoms. The number of halogens is 3. The van der Waals surface area contributed by atoms with Crippen LogP contribution < -0.4 is 4.72 Å². The Hall–Kier alpha value is -3.06. The van der Waals surface area contributed by atoms with E-state index >= 15 is 0 Å². The van der Waals surface area contributed by atoms with Gasteiger partial charge in [0.25, 0.3) is 0 Å². The smallest absolute Gasteiger partial charge is 0.283 e. The van der Waals surface area contributed by atoms with Crippen LogP contribution >= 0.6 is 0 Å². The second-order valence-electron chi connectivity index (χ2n) is 7.29. The van der Waals surface area contributed by atoms with Crippen molar-refractivity contribution in [2.24, 2.45) is 0 Å². The number of hydrogen-bond donors (Lipinski definition) is 1. The van der Waals surface area contributed by atoms with Gasteiger partial charge in [0.05, 0.1) is 40.8 Å². The number of nitrogens with one attached hydrogen (secondary N) is 1. The predicted octanol–water partition coefficient (Wildman–Crippen LogP) is 4.88. The molecule has 2 aromatic carbocycles. The molecule has 0 fully saturated rings. The highest BCUT2D eigenvalue weighted by Gasteiger charge is 2.36. The lowest BCUT2D eigenvalue weighted by Gasteiger charge is -2.34. The maximum atomic E-state index is 13.0. The summed E-state index contributed by atoms with van der Waals surface area (Å²) in [5.74, 6) is 0. The largest absolute Gasteiger partial charge is 0.416 e. The lowest BCUT2D eigenvalue weighted by Crippen LogP contribution is -2.35. The average molecular weight is 450 g/mol. The van der Waals surface area contributed by atoms with Gasteiger partial charge in [-0.05, 0) is 42.7 Å². The summed E-state index contributed by atoms with van der Waals surface area (Å²) in [7, 11) is -3.52. The third-order valence-corrected chi connectivity index (χ3v) is 5.89. The molecule has 0 aliphatic rings. The topological polar surface area (TPSA) is 87.8 Å². The number of nitrogens with zero attached hydrogens (tertiary/aromatic N) is 3. The van der Waals surface area contributed by atoms with E-state index in [4.69, 9.17) is 0 Å². The van der Waals surface area contributed by atoms with Crippen molar-refractivity contribution >= 4 is 26.6 Å². The standard InChI is InChI=1S/C21H21F3N4O2S/c1-3-20(12-5-13-25,15-8-10-16(11-9-15)21(22,23)24)28-19-7-4-6-18(17(19)14-26-28)27-31(2,29)30/h4,6-11,14,27H,3,5,12H2,1-2H3. The fourth-order valence-electron chi connectivity index (χ4n) is 3.82. The predicted molar refractivity (Wildman–Crippen MR) is 112 cm³/mol. The summed E-state index contributed by atoms with van der Waals surface area (Å²) in [6.45, 7) is 1.88. The lowest BCUT2D eigenvalue weighted by molar-refractivity contribution is -0.137. The molecular formula is C21H21F3N4O2S. The summed E-state index contributed by atoms with van der Waals surface area (Å²) in [6, 6.07) is 12.0. The number of alkyl halides is 3. The van der Waals surface area contributed by atoms with Gasteiger partial charge in [-0.25, -0.2) is 8.42 Å². The summed E-state index contributed by atoms with van der Waals surface area (Å²) in [5, 5.41) is 14.2. The van der Waals surface area contributed by atoms with Gasteiger partial charge < -0.3 is 0 Å². The minimum absolute atomic E-state index is 0.164. The Bertz CT molecular complexity index is 1230. The van der Waals surface area contributed by atoms with Gasteiger partial charge in [-0.2, -0.15) is 23.5 Å². The molecular weight excluding hydrogens is 429 g/mol. The molecule has 0 aliphatic heterocycles. The molecule has 0 radical (unpaired) electrons. The zero-order chi connectivity index (χ0) is 22.9. The van der Waals surface area contributed by atoms with Crippen LogP contribution in [0.3, 0.4) is 0 Å². The molecule has 1 N–H and O–H groups in total. The molecule has 1 atom stereocenters. The van der Waals surface area contributed by atoms with Crippen LogP contribution in [0.5, 0.6) is 0 Å². The number of sulfonamides is 1. The van der Waals surface area contributed by atoms with E-state index in [0.717, 1.165) is 18.4 Å². The summed E-state index contributed by atoms with van der Waals surface area (Å²) < 4.78 is 66.7. The van der Waals surface area contributed by atoms with Crippen LogP contribution in [0.25, 0.3) is 10.9 Å². The molecule has 0 saturated carbocycles. The second-order valence-corrected chi connectivity index (χ2v) is 9.04. The van der Waals surface area contributed by atoms with E-state index in [9.17, 15) is 26.9 Å². The Balaban J connectivity index is 2.21. The van der Waals surface area contributed by atoms with Crippen molar-refractivity contribution in [2.45, 2.75) is 37.9 Å². The fraction of sp³-hybridized carbons (Fsp3) is 0.333. The van der Waals surface area contributed by atoms with Crippen LogP contribution in [-0.2, 0) is 21.7 Å². The highest BCUT2D eigenvalue weighted by molar-refractivity contribution is 7.92. The summed E-state index contributed by atoms with van der Waals surface area (Å²) >= 11 is 0. The molecule has 6 nitrogen and oxygen atoms in total. The maximum Gasteiger partial charge on any atom is 0.416 e. The first-order valence-corrected chi connectivity index (χ1v) is 11.4. The number of rotatable bonds is 7. The first-order chi connectivity index (χ1) is 14.5. The first kappa shape index (κ1) is 22.6. The number of benzene rings is 2. The third kappa shape index (κ3) is 4.51. The fourth-order valence-corrected chi connectivity index (χ4v) is 4.39. The van der Waals surface area contributed by atoms with E-state index in [-0.39, 0.29) is 6.42 Å². The molecule has 3 aromatic rings. The van der Waals surface area contributed by atoms with Gasteiger partial charge in [0, 0.05) is 11.8 Å². The van der Waals surface area contributed by atoms with E-state index < -0.39 is 27.3 Å². The summed E-state index contributed by atoms with van der Waals surface area (Å²) in [4.78, 5) is 0. The lowest BCUT2D eigenvalue weighted by atomic mass is 9.82. The normalized spacial score (nSPS) is 14.2. The average Bonchev–Trinajstić information content (AvgIpc) is 3.13. The van der Waals surface area contributed by atoms with Crippen molar-refractivity contribution in [1.29, 1.82) is 5.26 Å². The highest BCUT2D eigenvalue weighted by atomic mass is 32.2. The van der Waals surface area contributed by atoms with Gasteiger partial charge in [0.2, 0.25) is 10.0 Å². The number of hydrogen-bond acceptors (Lipinski definition) is 4. The molecule has 164 valence electrons. The minimum Gasteiger partial charge on any atom is -0.283 e. The Labute approximate surface area is 178 Å². The third-order valence-electron chi connectivity index (χ3n) is 5.30. The monoisotopic (exact) mass is 450 g/mol. The Kier molecular flexibility index (Phi) is 6.00. The van der Waals surface area contributed by atoms with E-state index in [2.05, 4.69) is 15.9 Å². The molecule has 1 unspecified atom stereocenters. The van der Waals surface area contributed by atoms with Gasteiger partial charge in [-0.3, -0.25) is 9.40 Å². The quantitative estimate of drug-likeness (QED) is 0.556. The van der Waals surface area contributed by atoms with Crippen LogP contribution in [0.4, 0.5) is 18.9 Å². The molecule has 0 saturated heterocycles. The summed E-state index contributed by atoms with van der Waals surface area (Å²) in [6.07, 6.45) is -0.944. The van der Waals surface area contributed by atoms with Crippen molar-refractivity contribution in [3.05, 3.63) is 59.8 Å². The van der Waals surface area contributed by atoms with Crippen molar-refractivity contribution < 1.29 is 21.6 Å². The zero-order valence-corrected chi connectivity index (χ0v) is 17.8. The number of fused-ring (bicyclic) bond motifs is 1. The molecule has 31 heavy (non-hydrogen) atoms. The van der Waals surface area contributed by atoms with Gasteiger partial charge in [-0.15, -0.1) is 0 Å². The van der Waals surface area contributed by atoms with E-state index in [1.165, 1.54) is 18.3 Å². The molecule has 1 aromatic heterocycles. The van der Waals surface area contributed by atoms with E-state index in [1.54, 1.807) is 22.9 Å². The van der Waals surface area contributed by atoms with E-state index in [0.29, 0.717) is 35.0 Å². The Morgan fingerprint density at radius 3 is 2.32 bits per heavy atom. The van der Waals surface area contributed by atoms with Gasteiger partial charge >= 0.3 is 6.18 Å². The minimum atomic E-state index is -4.45. The van der Waals surface area contributed by atoms with Crippen molar-refractivity contribution in [2.75, 3.05) is 11.0 Å². The summed E-state index contributed by atoms with van der Waals surface area (Å²) in [5.41, 5.74) is -0.0979. The molecule has 0 aliphatic carbocycles. The van der Waals surface area contributed by atoms with Crippen LogP contribution in [0.1, 0.15) is 37.3 Å². The first-order valence-electron chi connectivity index (χ1n) is 9.51. The Morgan fingerprint density at radius 1 is 1.13 bits per heavy atom. The van der Waals surface area contributed by atoms with Crippen LogP contribution in [0.15, 0.2) is 48.7 Å². The van der Waals surface area contributed by atoms with Gasteiger partial charge in [0.1, 0.15) is 0 Å². The van der Waals surface area contributed by atoms with Crippen molar-refractivity contribution in [3.8, 4) is 6.07 Å². The number of aromatic nitrogens is 2. The van der Waals surface area contributed by atoms with Gasteiger partial charge in [0.15, 0.2) is 0 Å². The zero-order valence-electron chi connectivity index (χ0n) is 16.9. The van der Waals surface area contributed by atoms with Gasteiger partial charge in [-0.1, -0.05) is 25.1 Å². The highest BCUT2D eigenvalue weighted by Crippen LogP contribution is 2.39. The van der Waals surface area contributed by atoms with E-state index in [1.807, 2.05) is 6.92 Å². The molecule has 0 bridgehead atoms. The van der Waals surface area contributed by atoms with Crippen LogP contribution in [0.2, 0.25) is 0 Å². The molecule has 10 heteroatoms. The molecule has 3 rings (SSSR count). The molecule has 0 amide bonds.